The smallest absolute Gasteiger partial charge is 0.233 e. The van der Waals surface area contributed by atoms with Crippen molar-refractivity contribution in [2.45, 2.75) is 12.8 Å². The molecule has 1 aromatic heterocycles. The molecule has 0 amide bonds. The van der Waals surface area contributed by atoms with Crippen molar-refractivity contribution >= 4 is 31.9 Å². The van der Waals surface area contributed by atoms with E-state index in [-0.39, 0.29) is 22.2 Å². The van der Waals surface area contributed by atoms with Crippen LogP contribution >= 0.6 is 31.9 Å². The lowest BCUT2D eigenvalue weighted by Gasteiger charge is -2.08. The van der Waals surface area contributed by atoms with Gasteiger partial charge >= 0.3 is 0 Å². The molecule has 1 heterocycles. The zero-order valence-corrected chi connectivity index (χ0v) is 9.94. The molecule has 74 valence electrons. The fraction of sp³-hybridized carbons (Fsp3) is 0.250. The predicted molar refractivity (Wildman–Crippen MR) is 53.9 cm³/mol. The average Bonchev–Trinajstić information content (AvgIpc) is 2.01. The van der Waals surface area contributed by atoms with Gasteiger partial charge in [0.25, 0.3) is 6.43 Å². The molecular weight excluding hydrogens is 322 g/mol. The number of rotatable bonds is 2. The van der Waals surface area contributed by atoms with Crippen molar-refractivity contribution in [3.63, 3.8) is 0 Å². The molecule has 0 spiro atoms. The Morgan fingerprint density at radius 2 is 2.14 bits per heavy atom. The van der Waals surface area contributed by atoms with E-state index in [1.165, 1.54) is 6.07 Å². The largest absolute Gasteiger partial charge is 0.266 e. The molecule has 0 bridgehead atoms. The van der Waals surface area contributed by atoms with Gasteiger partial charge in [-0.2, -0.15) is 5.26 Å². The monoisotopic (exact) mass is 324 g/mol. The van der Waals surface area contributed by atoms with Crippen molar-refractivity contribution in [3.05, 3.63) is 26.4 Å². The summed E-state index contributed by atoms with van der Waals surface area (Å²) >= 11 is 6.01. The average molecular weight is 326 g/mol. The van der Waals surface area contributed by atoms with Crippen molar-refractivity contribution in [2.24, 2.45) is 0 Å². The lowest BCUT2D eigenvalue weighted by atomic mass is 10.1. The minimum Gasteiger partial charge on any atom is -0.233 e. The van der Waals surface area contributed by atoms with E-state index in [1.54, 1.807) is 0 Å². The quantitative estimate of drug-likeness (QED) is 0.779. The van der Waals surface area contributed by atoms with Crippen molar-refractivity contribution < 1.29 is 8.78 Å². The van der Waals surface area contributed by atoms with E-state index in [4.69, 9.17) is 5.26 Å². The Kier molecular flexibility index (Phi) is 3.96. The molecule has 0 aliphatic rings. The molecule has 0 N–H and O–H groups in total. The number of hydrogen-bond acceptors (Lipinski definition) is 2. The van der Waals surface area contributed by atoms with Gasteiger partial charge in [-0.1, -0.05) is 0 Å². The second kappa shape index (κ2) is 4.80. The normalized spacial score (nSPS) is 10.3. The molecule has 0 aliphatic heterocycles. The summed E-state index contributed by atoms with van der Waals surface area (Å²) in [7, 11) is 0. The van der Waals surface area contributed by atoms with Crippen LogP contribution in [-0.2, 0) is 6.42 Å². The van der Waals surface area contributed by atoms with Gasteiger partial charge in [0.1, 0.15) is 9.21 Å². The van der Waals surface area contributed by atoms with Crippen LogP contribution in [0.2, 0.25) is 0 Å². The fourth-order valence-corrected chi connectivity index (χ4v) is 2.31. The fourth-order valence-electron chi connectivity index (χ4n) is 1.00. The van der Waals surface area contributed by atoms with E-state index in [1.807, 2.05) is 6.07 Å². The Morgan fingerprint density at radius 1 is 1.50 bits per heavy atom. The van der Waals surface area contributed by atoms with Crippen molar-refractivity contribution in [2.75, 3.05) is 0 Å². The first-order chi connectivity index (χ1) is 6.56. The number of aromatic nitrogens is 1. The van der Waals surface area contributed by atoms with Gasteiger partial charge in [-0.3, -0.25) is 0 Å². The van der Waals surface area contributed by atoms with Crippen LogP contribution in [0, 0.1) is 11.3 Å². The third-order valence-electron chi connectivity index (χ3n) is 1.55. The van der Waals surface area contributed by atoms with Gasteiger partial charge in [-0.25, -0.2) is 13.8 Å². The van der Waals surface area contributed by atoms with Crippen LogP contribution in [-0.4, -0.2) is 4.98 Å². The van der Waals surface area contributed by atoms with Crippen molar-refractivity contribution in [1.29, 1.82) is 5.26 Å². The zero-order chi connectivity index (χ0) is 10.7. The van der Waals surface area contributed by atoms with Gasteiger partial charge < -0.3 is 0 Å². The van der Waals surface area contributed by atoms with Crippen LogP contribution in [0.1, 0.15) is 17.6 Å². The topological polar surface area (TPSA) is 36.7 Å². The second-order valence-electron chi connectivity index (χ2n) is 2.44. The van der Waals surface area contributed by atoms with E-state index in [9.17, 15) is 8.78 Å². The Morgan fingerprint density at radius 3 is 2.64 bits per heavy atom. The number of nitrogens with zero attached hydrogens (tertiary/aromatic N) is 2. The molecule has 0 saturated carbocycles. The first-order valence-electron chi connectivity index (χ1n) is 3.56. The molecule has 0 fully saturated rings. The summed E-state index contributed by atoms with van der Waals surface area (Å²) in [5, 5.41) is 8.46. The predicted octanol–water partition coefficient (Wildman–Crippen LogP) is 3.61. The van der Waals surface area contributed by atoms with E-state index < -0.39 is 6.43 Å². The Bertz CT molecular complexity index is 388. The van der Waals surface area contributed by atoms with Gasteiger partial charge in [0.05, 0.1) is 18.1 Å². The Balaban J connectivity index is 3.30. The summed E-state index contributed by atoms with van der Waals surface area (Å²) in [6.07, 6.45) is -2.69. The maximum absolute atomic E-state index is 12.5. The zero-order valence-electron chi connectivity index (χ0n) is 6.77. The molecule has 0 saturated heterocycles. The maximum Gasteiger partial charge on any atom is 0.266 e. The number of hydrogen-bond donors (Lipinski definition) is 0. The lowest BCUT2D eigenvalue weighted by molar-refractivity contribution is 0.149. The molecule has 0 aliphatic carbocycles. The van der Waals surface area contributed by atoms with Gasteiger partial charge in [0.15, 0.2) is 0 Å². The SMILES string of the molecule is N#CCc1cc(Br)nc(Br)c1C(F)F. The van der Waals surface area contributed by atoms with Crippen molar-refractivity contribution in [3.8, 4) is 6.07 Å². The number of halogens is 4. The third kappa shape index (κ3) is 2.49. The minimum atomic E-state index is -2.63. The highest BCUT2D eigenvalue weighted by molar-refractivity contribution is 9.11. The van der Waals surface area contributed by atoms with Crippen molar-refractivity contribution in [1.82, 2.24) is 4.98 Å². The van der Waals surface area contributed by atoms with Crippen LogP contribution < -0.4 is 0 Å². The summed E-state index contributed by atoms with van der Waals surface area (Å²) in [5.74, 6) is 0. The minimum absolute atomic E-state index is 0.0562. The van der Waals surface area contributed by atoms with E-state index >= 15 is 0 Å². The number of alkyl halides is 2. The second-order valence-corrected chi connectivity index (χ2v) is 4.01. The van der Waals surface area contributed by atoms with Crippen LogP contribution in [0.3, 0.4) is 0 Å². The highest BCUT2D eigenvalue weighted by Crippen LogP contribution is 2.31. The summed E-state index contributed by atoms with van der Waals surface area (Å²) in [4.78, 5) is 3.78. The van der Waals surface area contributed by atoms with Crippen LogP contribution in [0.5, 0.6) is 0 Å². The lowest BCUT2D eigenvalue weighted by Crippen LogP contribution is -1.98. The van der Waals surface area contributed by atoms with Crippen LogP contribution in [0.25, 0.3) is 0 Å². The van der Waals surface area contributed by atoms with Gasteiger partial charge in [0, 0.05) is 0 Å². The van der Waals surface area contributed by atoms with Crippen LogP contribution in [0.15, 0.2) is 15.3 Å². The third-order valence-corrected chi connectivity index (χ3v) is 2.56. The van der Waals surface area contributed by atoms with Gasteiger partial charge in [-0.15, -0.1) is 0 Å². The number of nitriles is 1. The summed E-state index contributed by atoms with van der Waals surface area (Å²) in [5.41, 5.74) is 0.0750. The molecule has 14 heavy (non-hydrogen) atoms. The first-order valence-corrected chi connectivity index (χ1v) is 5.14. The summed E-state index contributed by atoms with van der Waals surface area (Å²) in [6, 6.07) is 3.26. The summed E-state index contributed by atoms with van der Waals surface area (Å²) in [6.45, 7) is 0. The standard InChI is InChI=1S/C8H4Br2F2N2/c9-5-3-4(1-2-13)6(8(11)12)7(10)14-5/h3,8H,1H2. The van der Waals surface area contributed by atoms with Gasteiger partial charge in [-0.05, 0) is 43.5 Å². The molecule has 0 aromatic carbocycles. The Hall–Kier alpha value is -0.540. The van der Waals surface area contributed by atoms with E-state index in [0.717, 1.165) is 0 Å². The van der Waals surface area contributed by atoms with Crippen LogP contribution in [0.4, 0.5) is 8.78 Å². The Labute approximate surface area is 96.2 Å². The van der Waals surface area contributed by atoms with E-state index in [2.05, 4.69) is 36.8 Å². The van der Waals surface area contributed by atoms with E-state index in [0.29, 0.717) is 4.60 Å². The highest BCUT2D eigenvalue weighted by Gasteiger charge is 2.18. The molecular formula is C8H4Br2F2N2. The molecule has 0 unspecified atom stereocenters. The molecule has 2 nitrogen and oxygen atoms in total. The molecule has 1 aromatic rings. The summed E-state index contributed by atoms with van der Waals surface area (Å²) < 4.78 is 25.6. The molecule has 6 heteroatoms. The molecule has 0 atom stereocenters. The molecule has 0 radical (unpaired) electrons. The van der Waals surface area contributed by atoms with Gasteiger partial charge in [0.2, 0.25) is 0 Å². The first kappa shape index (κ1) is 11.5. The maximum atomic E-state index is 12.5. The number of pyridine rings is 1. The highest BCUT2D eigenvalue weighted by atomic mass is 79.9. The molecule has 1 rings (SSSR count).